The van der Waals surface area contributed by atoms with Crippen LogP contribution in [0.3, 0.4) is 0 Å². The molecule has 0 aliphatic heterocycles. The van der Waals surface area contributed by atoms with Gasteiger partial charge in [0.1, 0.15) is 0 Å². The van der Waals surface area contributed by atoms with Crippen molar-refractivity contribution in [2.45, 2.75) is 33.6 Å². The van der Waals surface area contributed by atoms with E-state index in [1.165, 1.54) is 12.8 Å². The fourth-order valence-corrected chi connectivity index (χ4v) is 2.71. The van der Waals surface area contributed by atoms with Crippen molar-refractivity contribution in [2.75, 3.05) is 6.54 Å². The van der Waals surface area contributed by atoms with Crippen LogP contribution in [0.15, 0.2) is 22.7 Å². The summed E-state index contributed by atoms with van der Waals surface area (Å²) in [6, 6.07) is 5.85. The van der Waals surface area contributed by atoms with Crippen LogP contribution in [0.5, 0.6) is 0 Å². The van der Waals surface area contributed by atoms with Crippen LogP contribution in [-0.4, -0.2) is 12.5 Å². The number of carbonyl (C=O) groups excluding carboxylic acids is 1. The molecule has 0 unspecified atom stereocenters. The van der Waals surface area contributed by atoms with Gasteiger partial charge in [-0.2, -0.15) is 0 Å². The van der Waals surface area contributed by atoms with Crippen LogP contribution < -0.4 is 5.32 Å². The van der Waals surface area contributed by atoms with E-state index in [0.29, 0.717) is 11.3 Å². The zero-order chi connectivity index (χ0) is 13.3. The third-order valence-electron chi connectivity index (χ3n) is 4.08. The molecule has 2 rings (SSSR count). The summed E-state index contributed by atoms with van der Waals surface area (Å²) in [6.45, 7) is 7.27. The molecule has 98 valence electrons. The highest BCUT2D eigenvalue weighted by atomic mass is 79.9. The Kier molecular flexibility index (Phi) is 3.81. The number of halogens is 1. The Balaban J connectivity index is 2.02. The van der Waals surface area contributed by atoms with Gasteiger partial charge in [0.05, 0.1) is 5.56 Å². The van der Waals surface area contributed by atoms with E-state index in [-0.39, 0.29) is 5.91 Å². The minimum Gasteiger partial charge on any atom is -0.351 e. The second-order valence-electron chi connectivity index (χ2n) is 5.68. The molecule has 0 saturated heterocycles. The summed E-state index contributed by atoms with van der Waals surface area (Å²) in [5.74, 6) is 0.663. The van der Waals surface area contributed by atoms with Crippen LogP contribution in [-0.2, 0) is 0 Å². The summed E-state index contributed by atoms with van der Waals surface area (Å²) < 4.78 is 0.861. The monoisotopic (exact) mass is 309 g/mol. The van der Waals surface area contributed by atoms with E-state index >= 15 is 0 Å². The van der Waals surface area contributed by atoms with Gasteiger partial charge in [-0.05, 0) is 59.2 Å². The summed E-state index contributed by atoms with van der Waals surface area (Å²) in [4.78, 5) is 12.2. The molecule has 3 heteroatoms. The Morgan fingerprint density at radius 1 is 1.44 bits per heavy atom. The molecule has 0 aromatic heterocycles. The molecule has 1 saturated carbocycles. The molecule has 1 aromatic rings. The van der Waals surface area contributed by atoms with E-state index in [2.05, 4.69) is 35.1 Å². The molecule has 1 amide bonds. The minimum absolute atomic E-state index is 0.0255. The third kappa shape index (κ3) is 2.77. The zero-order valence-electron chi connectivity index (χ0n) is 11.2. The van der Waals surface area contributed by atoms with Gasteiger partial charge in [0.2, 0.25) is 0 Å². The van der Waals surface area contributed by atoms with E-state index in [1.54, 1.807) is 0 Å². The van der Waals surface area contributed by atoms with E-state index in [4.69, 9.17) is 0 Å². The number of nitrogens with one attached hydrogen (secondary N) is 1. The van der Waals surface area contributed by atoms with E-state index in [9.17, 15) is 4.79 Å². The molecular weight excluding hydrogens is 290 g/mol. The van der Waals surface area contributed by atoms with E-state index in [0.717, 1.165) is 22.1 Å². The van der Waals surface area contributed by atoms with Gasteiger partial charge in [-0.3, -0.25) is 4.79 Å². The quantitative estimate of drug-likeness (QED) is 0.897. The van der Waals surface area contributed by atoms with Gasteiger partial charge >= 0.3 is 0 Å². The van der Waals surface area contributed by atoms with Gasteiger partial charge in [0.15, 0.2) is 0 Å². The first-order chi connectivity index (χ1) is 8.44. The first-order valence-electron chi connectivity index (χ1n) is 6.49. The number of benzene rings is 1. The van der Waals surface area contributed by atoms with Gasteiger partial charge < -0.3 is 5.32 Å². The maximum atomic E-state index is 12.2. The fourth-order valence-electron chi connectivity index (χ4n) is 2.28. The topological polar surface area (TPSA) is 29.1 Å². The van der Waals surface area contributed by atoms with Gasteiger partial charge in [0, 0.05) is 11.0 Å². The highest BCUT2D eigenvalue weighted by molar-refractivity contribution is 9.10. The summed E-state index contributed by atoms with van der Waals surface area (Å²) in [5, 5.41) is 3.08. The van der Waals surface area contributed by atoms with Crippen molar-refractivity contribution >= 4 is 21.8 Å². The van der Waals surface area contributed by atoms with Crippen molar-refractivity contribution in [2.24, 2.45) is 11.3 Å². The lowest BCUT2D eigenvalue weighted by atomic mass is 9.92. The molecule has 1 fully saturated rings. The molecule has 1 aliphatic carbocycles. The van der Waals surface area contributed by atoms with Crippen LogP contribution in [0.25, 0.3) is 0 Å². The molecule has 18 heavy (non-hydrogen) atoms. The Labute approximate surface area is 117 Å². The smallest absolute Gasteiger partial charge is 0.252 e. The van der Waals surface area contributed by atoms with Gasteiger partial charge in [-0.1, -0.05) is 25.5 Å². The first-order valence-corrected chi connectivity index (χ1v) is 7.28. The van der Waals surface area contributed by atoms with Crippen molar-refractivity contribution in [1.29, 1.82) is 0 Å². The van der Waals surface area contributed by atoms with Crippen molar-refractivity contribution in [1.82, 2.24) is 5.32 Å². The minimum atomic E-state index is 0.0255. The molecule has 0 radical (unpaired) electrons. The average Bonchev–Trinajstić information content (AvgIpc) is 3.10. The summed E-state index contributed by atoms with van der Waals surface area (Å²) >= 11 is 3.44. The predicted molar refractivity (Wildman–Crippen MR) is 77.7 cm³/mol. The lowest BCUT2D eigenvalue weighted by Gasteiger charge is -2.20. The number of hydrogen-bond donors (Lipinski definition) is 1. The summed E-state index contributed by atoms with van der Waals surface area (Å²) in [7, 11) is 0. The molecule has 0 bridgehead atoms. The average molecular weight is 310 g/mol. The molecule has 2 nitrogen and oxygen atoms in total. The molecule has 1 N–H and O–H groups in total. The first kappa shape index (κ1) is 13.6. The molecule has 0 spiro atoms. The Morgan fingerprint density at radius 3 is 2.67 bits per heavy atom. The highest BCUT2D eigenvalue weighted by Gasteiger charge is 2.45. The van der Waals surface area contributed by atoms with Crippen LogP contribution in [0.4, 0.5) is 0 Å². The fraction of sp³-hybridized carbons (Fsp3) is 0.533. The summed E-state index contributed by atoms with van der Waals surface area (Å²) in [6.07, 6.45) is 2.47. The van der Waals surface area contributed by atoms with Gasteiger partial charge in [0.25, 0.3) is 5.91 Å². The molecule has 1 aromatic carbocycles. The molecule has 0 atom stereocenters. The van der Waals surface area contributed by atoms with Crippen molar-refractivity contribution < 1.29 is 4.79 Å². The maximum Gasteiger partial charge on any atom is 0.252 e. The highest BCUT2D eigenvalue weighted by Crippen LogP contribution is 2.51. The maximum absolute atomic E-state index is 12.2. The van der Waals surface area contributed by atoms with Crippen LogP contribution in [0.2, 0.25) is 0 Å². The van der Waals surface area contributed by atoms with Crippen LogP contribution >= 0.6 is 15.9 Å². The van der Waals surface area contributed by atoms with Gasteiger partial charge in [-0.25, -0.2) is 0 Å². The summed E-state index contributed by atoms with van der Waals surface area (Å²) in [5.41, 5.74) is 2.19. The Hall–Kier alpha value is -0.830. The van der Waals surface area contributed by atoms with Crippen molar-refractivity contribution in [3.05, 3.63) is 33.8 Å². The SMILES string of the molecule is Cc1ccc(Br)c(C(=O)NCC2(C(C)C)CC2)c1. The second-order valence-corrected chi connectivity index (χ2v) is 6.54. The third-order valence-corrected chi connectivity index (χ3v) is 4.78. The molecule has 1 aliphatic rings. The Morgan fingerprint density at radius 2 is 2.11 bits per heavy atom. The lowest BCUT2D eigenvalue weighted by Crippen LogP contribution is -2.32. The number of aryl methyl sites for hydroxylation is 1. The molecule has 0 heterocycles. The van der Waals surface area contributed by atoms with E-state index in [1.807, 2.05) is 25.1 Å². The Bertz CT molecular complexity index is 464. The van der Waals surface area contributed by atoms with Gasteiger partial charge in [-0.15, -0.1) is 0 Å². The lowest BCUT2D eigenvalue weighted by molar-refractivity contribution is 0.0939. The predicted octanol–water partition coefficient (Wildman–Crippen LogP) is 3.92. The van der Waals surface area contributed by atoms with Crippen LogP contribution in [0.1, 0.15) is 42.6 Å². The van der Waals surface area contributed by atoms with E-state index < -0.39 is 0 Å². The normalized spacial score (nSPS) is 16.7. The number of amides is 1. The van der Waals surface area contributed by atoms with Crippen LogP contribution in [0, 0.1) is 18.3 Å². The number of rotatable bonds is 4. The largest absolute Gasteiger partial charge is 0.351 e. The standard InChI is InChI=1S/C15H20BrNO/c1-10(2)15(6-7-15)9-17-14(18)12-8-11(3)4-5-13(12)16/h4-5,8,10H,6-7,9H2,1-3H3,(H,17,18). The number of hydrogen-bond acceptors (Lipinski definition) is 1. The molecular formula is C15H20BrNO. The zero-order valence-corrected chi connectivity index (χ0v) is 12.8. The number of carbonyl (C=O) groups is 1. The van der Waals surface area contributed by atoms with Crippen molar-refractivity contribution in [3.8, 4) is 0 Å². The van der Waals surface area contributed by atoms with Crippen molar-refractivity contribution in [3.63, 3.8) is 0 Å². The second kappa shape index (κ2) is 5.04.